The first-order valence-corrected chi connectivity index (χ1v) is 10.5. The van der Waals surface area contributed by atoms with Gasteiger partial charge in [0.2, 0.25) is 11.8 Å². The number of hydrogen-bond acceptors (Lipinski definition) is 7. The lowest BCUT2D eigenvalue weighted by molar-refractivity contribution is -0.137. The summed E-state index contributed by atoms with van der Waals surface area (Å²) < 4.78 is 11.9. The smallest absolute Gasteiger partial charge is 0.242 e. The molecule has 0 spiro atoms. The van der Waals surface area contributed by atoms with Gasteiger partial charge in [0, 0.05) is 50.7 Å². The molecule has 0 N–H and O–H groups in total. The predicted octanol–water partition coefficient (Wildman–Crippen LogP) is 2.31. The molecule has 5 rings (SSSR count). The lowest BCUT2D eigenvalue weighted by Crippen LogP contribution is -2.46. The van der Waals surface area contributed by atoms with E-state index in [9.17, 15) is 4.79 Å². The van der Waals surface area contributed by atoms with Gasteiger partial charge in [-0.15, -0.1) is 0 Å². The monoisotopic (exact) mass is 419 g/mol. The SMILES string of the molecule is CC(=O)N1CCO[C@H](COc2nc(-c3ccc4c(c3)CCN4C)cc3nccnc23)C1. The lowest BCUT2D eigenvalue weighted by Gasteiger charge is -2.32. The molecule has 160 valence electrons. The summed E-state index contributed by atoms with van der Waals surface area (Å²) in [7, 11) is 2.11. The first-order valence-electron chi connectivity index (χ1n) is 10.5. The van der Waals surface area contributed by atoms with Crippen molar-refractivity contribution in [3.05, 3.63) is 42.2 Å². The van der Waals surface area contributed by atoms with Crippen LogP contribution in [-0.2, 0) is 16.0 Å². The number of hydrogen-bond donors (Lipinski definition) is 0. The number of morpholine rings is 1. The van der Waals surface area contributed by atoms with Gasteiger partial charge in [0.25, 0.3) is 0 Å². The van der Waals surface area contributed by atoms with Crippen molar-refractivity contribution in [1.82, 2.24) is 19.9 Å². The van der Waals surface area contributed by atoms with Crippen molar-refractivity contribution in [2.45, 2.75) is 19.4 Å². The molecule has 0 unspecified atom stereocenters. The second-order valence-corrected chi connectivity index (χ2v) is 8.02. The van der Waals surface area contributed by atoms with Gasteiger partial charge in [-0.25, -0.2) is 9.97 Å². The molecule has 4 heterocycles. The Morgan fingerprint density at radius 3 is 2.97 bits per heavy atom. The van der Waals surface area contributed by atoms with E-state index in [1.807, 2.05) is 6.07 Å². The number of pyridine rings is 1. The highest BCUT2D eigenvalue weighted by atomic mass is 16.5. The van der Waals surface area contributed by atoms with Gasteiger partial charge in [-0.05, 0) is 30.2 Å². The van der Waals surface area contributed by atoms with Crippen molar-refractivity contribution in [2.75, 3.05) is 44.8 Å². The molecule has 2 aromatic heterocycles. The number of amides is 1. The van der Waals surface area contributed by atoms with Crippen LogP contribution in [0.2, 0.25) is 0 Å². The molecule has 1 atom stereocenters. The number of aromatic nitrogens is 3. The van der Waals surface area contributed by atoms with Gasteiger partial charge < -0.3 is 19.3 Å². The number of benzene rings is 1. The van der Waals surface area contributed by atoms with Crippen molar-refractivity contribution < 1.29 is 14.3 Å². The molecular weight excluding hydrogens is 394 g/mol. The average Bonchev–Trinajstić information content (AvgIpc) is 3.17. The molecule has 8 heteroatoms. The van der Waals surface area contributed by atoms with E-state index in [4.69, 9.17) is 14.5 Å². The standard InChI is InChI=1S/C23H25N5O3/c1-15(29)28-9-10-30-18(13-28)14-31-23-22-20(24-6-7-25-22)12-19(26-23)16-3-4-21-17(11-16)5-8-27(21)2/h3-4,6-7,11-12,18H,5,8-10,13-14H2,1-2H3/t18-/m0/s1. The normalized spacial score (nSPS) is 18.3. The fourth-order valence-electron chi connectivity index (χ4n) is 4.20. The highest BCUT2D eigenvalue weighted by Gasteiger charge is 2.24. The van der Waals surface area contributed by atoms with Crippen molar-refractivity contribution in [1.29, 1.82) is 0 Å². The van der Waals surface area contributed by atoms with Crippen molar-refractivity contribution in [2.24, 2.45) is 0 Å². The molecule has 0 bridgehead atoms. The summed E-state index contributed by atoms with van der Waals surface area (Å²) in [5, 5.41) is 0. The van der Waals surface area contributed by atoms with E-state index < -0.39 is 0 Å². The third kappa shape index (κ3) is 3.90. The van der Waals surface area contributed by atoms with Crippen LogP contribution in [0.25, 0.3) is 22.3 Å². The van der Waals surface area contributed by atoms with Gasteiger partial charge in [-0.3, -0.25) is 9.78 Å². The van der Waals surface area contributed by atoms with Crippen molar-refractivity contribution in [3.63, 3.8) is 0 Å². The Hall–Kier alpha value is -3.26. The van der Waals surface area contributed by atoms with Crippen LogP contribution >= 0.6 is 0 Å². The zero-order valence-electron chi connectivity index (χ0n) is 17.7. The van der Waals surface area contributed by atoms with Gasteiger partial charge >= 0.3 is 0 Å². The largest absolute Gasteiger partial charge is 0.473 e. The van der Waals surface area contributed by atoms with E-state index in [0.29, 0.717) is 37.7 Å². The molecule has 1 fully saturated rings. The summed E-state index contributed by atoms with van der Waals surface area (Å²) >= 11 is 0. The highest BCUT2D eigenvalue weighted by molar-refractivity contribution is 5.84. The van der Waals surface area contributed by atoms with E-state index in [1.54, 1.807) is 24.2 Å². The Morgan fingerprint density at radius 1 is 1.23 bits per heavy atom. The minimum Gasteiger partial charge on any atom is -0.473 e. The number of nitrogens with zero attached hydrogens (tertiary/aromatic N) is 5. The second-order valence-electron chi connectivity index (χ2n) is 8.02. The van der Waals surface area contributed by atoms with Crippen LogP contribution in [0.5, 0.6) is 5.88 Å². The first-order chi connectivity index (χ1) is 15.1. The Balaban J connectivity index is 1.44. The van der Waals surface area contributed by atoms with E-state index in [-0.39, 0.29) is 12.0 Å². The van der Waals surface area contributed by atoms with E-state index in [2.05, 4.69) is 40.1 Å². The summed E-state index contributed by atoms with van der Waals surface area (Å²) in [5.74, 6) is 0.480. The third-order valence-electron chi connectivity index (χ3n) is 5.92. The van der Waals surface area contributed by atoms with Gasteiger partial charge in [0.05, 0.1) is 24.4 Å². The van der Waals surface area contributed by atoms with Crippen LogP contribution in [0.3, 0.4) is 0 Å². The number of likely N-dealkylation sites (N-methyl/N-ethyl adjacent to an activating group) is 1. The van der Waals surface area contributed by atoms with Gasteiger partial charge in [0.1, 0.15) is 12.7 Å². The minimum absolute atomic E-state index is 0.0481. The number of carbonyl (C=O) groups is 1. The maximum absolute atomic E-state index is 11.7. The molecule has 0 radical (unpaired) electrons. The van der Waals surface area contributed by atoms with Crippen LogP contribution in [0.15, 0.2) is 36.7 Å². The van der Waals surface area contributed by atoms with Crippen molar-refractivity contribution >= 4 is 22.6 Å². The first kappa shape index (κ1) is 19.7. The fourth-order valence-corrected chi connectivity index (χ4v) is 4.20. The predicted molar refractivity (Wildman–Crippen MR) is 117 cm³/mol. The molecular formula is C23H25N5O3. The summed E-state index contributed by atoms with van der Waals surface area (Å²) in [6.07, 6.45) is 4.13. The van der Waals surface area contributed by atoms with Crippen LogP contribution in [0.1, 0.15) is 12.5 Å². The average molecular weight is 419 g/mol. The van der Waals surface area contributed by atoms with E-state index in [1.165, 1.54) is 11.3 Å². The molecule has 1 saturated heterocycles. The molecule has 8 nitrogen and oxygen atoms in total. The van der Waals surface area contributed by atoms with Gasteiger partial charge in [0.15, 0.2) is 5.52 Å². The van der Waals surface area contributed by atoms with Gasteiger partial charge in [-0.2, -0.15) is 0 Å². The number of anilines is 1. The molecule has 31 heavy (non-hydrogen) atoms. The Bertz CT molecular complexity index is 1140. The summed E-state index contributed by atoms with van der Waals surface area (Å²) in [6.45, 7) is 4.53. The van der Waals surface area contributed by atoms with E-state index >= 15 is 0 Å². The fraction of sp³-hybridized carbons (Fsp3) is 0.391. The topological polar surface area (TPSA) is 80.7 Å². The number of fused-ring (bicyclic) bond motifs is 2. The van der Waals surface area contributed by atoms with Crippen LogP contribution in [-0.4, -0.2) is 71.8 Å². The summed E-state index contributed by atoms with van der Waals surface area (Å²) in [4.78, 5) is 29.4. The Labute approximate surface area is 180 Å². The quantitative estimate of drug-likeness (QED) is 0.642. The molecule has 3 aromatic rings. The Morgan fingerprint density at radius 2 is 2.10 bits per heavy atom. The highest BCUT2D eigenvalue weighted by Crippen LogP contribution is 2.33. The summed E-state index contributed by atoms with van der Waals surface area (Å²) in [6, 6.07) is 8.38. The van der Waals surface area contributed by atoms with E-state index in [0.717, 1.165) is 29.7 Å². The molecule has 0 saturated carbocycles. The van der Waals surface area contributed by atoms with Crippen LogP contribution in [0, 0.1) is 0 Å². The van der Waals surface area contributed by atoms with Crippen LogP contribution in [0.4, 0.5) is 5.69 Å². The molecule has 2 aliphatic rings. The molecule has 0 aliphatic carbocycles. The molecule has 2 aliphatic heterocycles. The molecule has 1 amide bonds. The maximum Gasteiger partial charge on any atom is 0.242 e. The lowest BCUT2D eigenvalue weighted by atomic mass is 10.1. The third-order valence-corrected chi connectivity index (χ3v) is 5.92. The molecule has 1 aromatic carbocycles. The van der Waals surface area contributed by atoms with Gasteiger partial charge in [-0.1, -0.05) is 6.07 Å². The zero-order valence-corrected chi connectivity index (χ0v) is 17.7. The minimum atomic E-state index is -0.203. The zero-order chi connectivity index (χ0) is 21.4. The van der Waals surface area contributed by atoms with Crippen molar-refractivity contribution in [3.8, 4) is 17.1 Å². The second kappa shape index (κ2) is 8.11. The number of carbonyl (C=O) groups excluding carboxylic acids is 1. The Kier molecular flexibility index (Phi) is 5.15. The number of rotatable bonds is 4. The number of ether oxygens (including phenoxy) is 2. The maximum atomic E-state index is 11.7. The van der Waals surface area contributed by atoms with Crippen LogP contribution < -0.4 is 9.64 Å². The summed E-state index contributed by atoms with van der Waals surface area (Å²) in [5.41, 5.74) is 5.77.